The zero-order valence-electron chi connectivity index (χ0n) is 8.37. The number of nitrogens with one attached hydrogen (secondary N) is 1. The van der Waals surface area contributed by atoms with E-state index in [0.29, 0.717) is 6.61 Å². The Kier molecular flexibility index (Phi) is 5.17. The van der Waals surface area contributed by atoms with Gasteiger partial charge in [-0.1, -0.05) is 0 Å². The molecule has 0 amide bonds. The molecule has 1 aromatic carbocycles. The van der Waals surface area contributed by atoms with E-state index in [-0.39, 0.29) is 5.97 Å². The molecule has 0 aliphatic heterocycles. The Labute approximate surface area is 103 Å². The van der Waals surface area contributed by atoms with Crippen molar-refractivity contribution in [3.05, 3.63) is 40.1 Å². The molecule has 0 saturated heterocycles. The lowest BCUT2D eigenvalue weighted by molar-refractivity contribution is -0.137. The zero-order chi connectivity index (χ0) is 11.1. The van der Waals surface area contributed by atoms with Gasteiger partial charge in [0.25, 0.3) is 0 Å². The van der Waals surface area contributed by atoms with E-state index in [1.165, 1.54) is 9.65 Å². The molecule has 1 N–H and O–H groups in total. The van der Waals surface area contributed by atoms with Gasteiger partial charge in [0, 0.05) is 21.5 Å². The van der Waals surface area contributed by atoms with Crippen molar-refractivity contribution in [1.29, 1.82) is 0 Å². The van der Waals surface area contributed by atoms with Gasteiger partial charge in [0.2, 0.25) is 0 Å². The van der Waals surface area contributed by atoms with Crippen LogP contribution in [0.5, 0.6) is 0 Å². The van der Waals surface area contributed by atoms with Crippen LogP contribution in [-0.2, 0) is 9.53 Å². The minimum atomic E-state index is -0.337. The van der Waals surface area contributed by atoms with Crippen LogP contribution in [0.4, 0.5) is 5.69 Å². The second-order valence-electron chi connectivity index (χ2n) is 2.74. The van der Waals surface area contributed by atoms with Gasteiger partial charge in [-0.2, -0.15) is 0 Å². The van der Waals surface area contributed by atoms with Crippen LogP contribution in [0.25, 0.3) is 0 Å². The lowest BCUT2D eigenvalue weighted by Crippen LogP contribution is -2.00. The van der Waals surface area contributed by atoms with Gasteiger partial charge in [0.1, 0.15) is 0 Å². The molecule has 1 aromatic rings. The molecule has 3 nitrogen and oxygen atoms in total. The Morgan fingerprint density at radius 3 is 2.73 bits per heavy atom. The van der Waals surface area contributed by atoms with Crippen LogP contribution in [0.15, 0.2) is 36.5 Å². The molecule has 0 unspecified atom stereocenters. The van der Waals surface area contributed by atoms with Crippen molar-refractivity contribution < 1.29 is 9.53 Å². The van der Waals surface area contributed by atoms with E-state index in [2.05, 4.69) is 27.9 Å². The number of hydrogen-bond acceptors (Lipinski definition) is 3. The summed E-state index contributed by atoms with van der Waals surface area (Å²) in [6, 6.07) is 7.86. The van der Waals surface area contributed by atoms with E-state index in [1.807, 2.05) is 24.3 Å². The maximum absolute atomic E-state index is 10.9. The Bertz CT molecular complexity index is 346. The monoisotopic (exact) mass is 317 g/mol. The van der Waals surface area contributed by atoms with Gasteiger partial charge < -0.3 is 10.1 Å². The molecule has 0 radical (unpaired) electrons. The topological polar surface area (TPSA) is 38.3 Å². The van der Waals surface area contributed by atoms with Crippen LogP contribution in [0.2, 0.25) is 0 Å². The molecule has 1 rings (SSSR count). The van der Waals surface area contributed by atoms with E-state index in [9.17, 15) is 4.79 Å². The van der Waals surface area contributed by atoms with Crippen LogP contribution >= 0.6 is 22.6 Å². The van der Waals surface area contributed by atoms with Crippen molar-refractivity contribution in [1.82, 2.24) is 0 Å². The first-order chi connectivity index (χ1) is 7.22. The fraction of sp³-hybridized carbons (Fsp3) is 0.182. The highest BCUT2D eigenvalue weighted by molar-refractivity contribution is 14.1. The molecule has 0 saturated carbocycles. The smallest absolute Gasteiger partial charge is 0.332 e. The van der Waals surface area contributed by atoms with Gasteiger partial charge in [0.15, 0.2) is 0 Å². The number of esters is 1. The number of rotatable bonds is 4. The van der Waals surface area contributed by atoms with Crippen LogP contribution < -0.4 is 5.32 Å². The van der Waals surface area contributed by atoms with E-state index >= 15 is 0 Å². The Balaban J connectivity index is 2.43. The minimum Gasteiger partial charge on any atom is -0.463 e. The molecule has 0 heterocycles. The third kappa shape index (κ3) is 4.83. The third-order valence-electron chi connectivity index (χ3n) is 1.60. The molecule has 0 aliphatic carbocycles. The van der Waals surface area contributed by atoms with E-state index in [1.54, 1.807) is 13.1 Å². The molecule has 0 aliphatic rings. The SMILES string of the molecule is CCOC(=O)/C=C\Nc1ccc(I)cc1. The summed E-state index contributed by atoms with van der Waals surface area (Å²) in [6.07, 6.45) is 2.93. The average molecular weight is 317 g/mol. The van der Waals surface area contributed by atoms with Gasteiger partial charge in [-0.25, -0.2) is 4.79 Å². The number of carbonyl (C=O) groups excluding carboxylic acids is 1. The number of ether oxygens (including phenoxy) is 1. The molecule has 0 fully saturated rings. The van der Waals surface area contributed by atoms with Crippen LogP contribution in [0, 0.1) is 3.57 Å². The fourth-order valence-corrected chi connectivity index (χ4v) is 1.30. The first kappa shape index (κ1) is 12.0. The molecule has 0 bridgehead atoms. The summed E-state index contributed by atoms with van der Waals surface area (Å²) in [5, 5.41) is 2.98. The summed E-state index contributed by atoms with van der Waals surface area (Å²) >= 11 is 2.24. The molecular formula is C11H12INO2. The highest BCUT2D eigenvalue weighted by atomic mass is 127. The normalized spacial score (nSPS) is 10.3. The summed E-state index contributed by atoms with van der Waals surface area (Å²) in [6.45, 7) is 2.17. The molecule has 80 valence electrons. The molecular weight excluding hydrogens is 305 g/mol. The van der Waals surface area contributed by atoms with Crippen molar-refractivity contribution >= 4 is 34.2 Å². The fourth-order valence-electron chi connectivity index (χ4n) is 0.942. The number of carbonyl (C=O) groups is 1. The number of halogens is 1. The highest BCUT2D eigenvalue weighted by Gasteiger charge is 1.92. The van der Waals surface area contributed by atoms with Crippen molar-refractivity contribution in [3.8, 4) is 0 Å². The van der Waals surface area contributed by atoms with Crippen LogP contribution in [0.1, 0.15) is 6.92 Å². The summed E-state index contributed by atoms with van der Waals surface area (Å²) in [5.74, 6) is -0.337. The predicted octanol–water partition coefficient (Wildman–Crippen LogP) is 2.78. The minimum absolute atomic E-state index is 0.337. The number of hydrogen-bond donors (Lipinski definition) is 1. The standard InChI is InChI=1S/C11H12INO2/c1-2-15-11(14)7-8-13-10-5-3-9(12)4-6-10/h3-8,13H,2H2,1H3/b8-7-. The Hall–Kier alpha value is -1.04. The van der Waals surface area contributed by atoms with Gasteiger partial charge in [-0.05, 0) is 53.8 Å². The summed E-state index contributed by atoms with van der Waals surface area (Å²) in [7, 11) is 0. The Morgan fingerprint density at radius 2 is 2.13 bits per heavy atom. The summed E-state index contributed by atoms with van der Waals surface area (Å²) in [4.78, 5) is 10.9. The number of benzene rings is 1. The predicted molar refractivity (Wildman–Crippen MR) is 68.6 cm³/mol. The third-order valence-corrected chi connectivity index (χ3v) is 2.32. The lowest BCUT2D eigenvalue weighted by Gasteiger charge is -2.00. The van der Waals surface area contributed by atoms with Gasteiger partial charge in [-0.3, -0.25) is 0 Å². The molecule has 0 spiro atoms. The summed E-state index contributed by atoms with van der Waals surface area (Å²) in [5.41, 5.74) is 0.941. The summed E-state index contributed by atoms with van der Waals surface area (Å²) < 4.78 is 5.91. The van der Waals surface area contributed by atoms with E-state index in [4.69, 9.17) is 4.74 Å². The van der Waals surface area contributed by atoms with Crippen molar-refractivity contribution in [2.75, 3.05) is 11.9 Å². The quantitative estimate of drug-likeness (QED) is 0.527. The van der Waals surface area contributed by atoms with Crippen molar-refractivity contribution in [2.24, 2.45) is 0 Å². The first-order valence-electron chi connectivity index (χ1n) is 4.58. The maximum Gasteiger partial charge on any atom is 0.332 e. The second kappa shape index (κ2) is 6.44. The Morgan fingerprint density at radius 1 is 1.47 bits per heavy atom. The van der Waals surface area contributed by atoms with E-state index in [0.717, 1.165) is 5.69 Å². The molecule has 15 heavy (non-hydrogen) atoms. The molecule has 0 aromatic heterocycles. The zero-order valence-corrected chi connectivity index (χ0v) is 10.5. The first-order valence-corrected chi connectivity index (χ1v) is 5.65. The largest absolute Gasteiger partial charge is 0.463 e. The van der Waals surface area contributed by atoms with Crippen molar-refractivity contribution in [2.45, 2.75) is 6.92 Å². The van der Waals surface area contributed by atoms with Gasteiger partial charge in [-0.15, -0.1) is 0 Å². The lowest BCUT2D eigenvalue weighted by atomic mass is 10.3. The van der Waals surface area contributed by atoms with E-state index < -0.39 is 0 Å². The maximum atomic E-state index is 10.9. The molecule has 0 atom stereocenters. The van der Waals surface area contributed by atoms with Gasteiger partial charge in [0.05, 0.1) is 6.61 Å². The highest BCUT2D eigenvalue weighted by Crippen LogP contribution is 2.10. The molecule has 4 heteroatoms. The van der Waals surface area contributed by atoms with Gasteiger partial charge >= 0.3 is 5.97 Å². The van der Waals surface area contributed by atoms with Crippen LogP contribution in [-0.4, -0.2) is 12.6 Å². The second-order valence-corrected chi connectivity index (χ2v) is 3.98. The van der Waals surface area contributed by atoms with Crippen molar-refractivity contribution in [3.63, 3.8) is 0 Å². The van der Waals surface area contributed by atoms with Crippen LogP contribution in [0.3, 0.4) is 0 Å². The number of anilines is 1. The average Bonchev–Trinajstić information content (AvgIpc) is 2.21.